The monoisotopic (exact) mass is 428 g/mol. The molecule has 0 unspecified atom stereocenters. The average Bonchev–Trinajstić information content (AvgIpc) is 3.14. The van der Waals surface area contributed by atoms with Crippen LogP contribution in [0.5, 0.6) is 0 Å². The van der Waals surface area contributed by atoms with Crippen molar-refractivity contribution in [3.63, 3.8) is 0 Å². The highest BCUT2D eigenvalue weighted by Gasteiger charge is 2.26. The van der Waals surface area contributed by atoms with Gasteiger partial charge in [-0.3, -0.25) is 19.7 Å². The fourth-order valence-electron chi connectivity index (χ4n) is 4.97. The molecular formula is C26H28N4O2. The van der Waals surface area contributed by atoms with Crippen molar-refractivity contribution in [2.45, 2.75) is 33.6 Å². The maximum Gasteiger partial charge on any atom is 0.280 e. The quantitative estimate of drug-likeness (QED) is 0.520. The molecule has 2 aromatic heterocycles. The van der Waals surface area contributed by atoms with Crippen molar-refractivity contribution in [1.29, 1.82) is 0 Å². The number of nitrogens with zero attached hydrogens (tertiary/aromatic N) is 3. The number of aromatic nitrogens is 3. The zero-order chi connectivity index (χ0) is 22.4. The number of pyridine rings is 1. The van der Waals surface area contributed by atoms with Crippen molar-refractivity contribution in [1.82, 2.24) is 19.7 Å². The van der Waals surface area contributed by atoms with Gasteiger partial charge in [0.15, 0.2) is 0 Å². The Hall–Kier alpha value is -3.41. The molecule has 2 aromatic carbocycles. The first-order valence-electron chi connectivity index (χ1n) is 11.4. The molecular weight excluding hydrogens is 400 g/mol. The number of carbonyl (C=O) groups is 1. The first kappa shape index (κ1) is 20.5. The highest BCUT2D eigenvalue weighted by Crippen LogP contribution is 2.26. The molecule has 1 N–H and O–H groups in total. The number of carbonyl (C=O) groups excluding carboxylic acids is 1. The molecule has 2 atom stereocenters. The summed E-state index contributed by atoms with van der Waals surface area (Å²) in [5, 5.41) is 4.56. The van der Waals surface area contributed by atoms with Gasteiger partial charge in [-0.1, -0.05) is 32.9 Å². The van der Waals surface area contributed by atoms with Crippen LogP contribution in [0.4, 0.5) is 0 Å². The van der Waals surface area contributed by atoms with Gasteiger partial charge in [-0.15, -0.1) is 0 Å². The molecule has 1 fully saturated rings. The van der Waals surface area contributed by atoms with Gasteiger partial charge in [0.25, 0.3) is 11.5 Å². The van der Waals surface area contributed by atoms with Crippen LogP contribution in [0.1, 0.15) is 43.1 Å². The minimum Gasteiger partial charge on any atom is -0.338 e. The molecule has 6 heteroatoms. The van der Waals surface area contributed by atoms with Gasteiger partial charge >= 0.3 is 0 Å². The topological polar surface area (TPSA) is 71.0 Å². The summed E-state index contributed by atoms with van der Waals surface area (Å²) < 4.78 is 1.55. The zero-order valence-electron chi connectivity index (χ0n) is 18.8. The van der Waals surface area contributed by atoms with E-state index in [2.05, 4.69) is 30.9 Å². The second-order valence-electron chi connectivity index (χ2n) is 9.21. The standard InChI is InChI=1S/C26H28N4O2/c1-4-18-5-8-20(9-6-18)30-26(32)22-13-27-23-10-7-19(12-21(23)24(22)28-30)25(31)29-14-16(2)11-17(3)15-29/h5-10,12-13,16-17,28H,4,11,14-15H2,1-3H3/t16-,17-/m0/s1. The van der Waals surface area contributed by atoms with E-state index in [9.17, 15) is 9.59 Å². The number of hydrogen-bond donors (Lipinski definition) is 1. The van der Waals surface area contributed by atoms with Gasteiger partial charge in [-0.2, -0.15) is 0 Å². The second kappa shape index (κ2) is 7.93. The van der Waals surface area contributed by atoms with Crippen LogP contribution >= 0.6 is 0 Å². The number of nitrogens with one attached hydrogen (secondary N) is 1. The Kier molecular flexibility index (Phi) is 5.08. The number of hydrogen-bond acceptors (Lipinski definition) is 3. The van der Waals surface area contributed by atoms with E-state index in [0.29, 0.717) is 28.3 Å². The molecule has 0 saturated carbocycles. The molecule has 32 heavy (non-hydrogen) atoms. The first-order chi connectivity index (χ1) is 15.4. The summed E-state index contributed by atoms with van der Waals surface area (Å²) in [4.78, 5) is 32.8. The third-order valence-corrected chi connectivity index (χ3v) is 6.53. The van der Waals surface area contributed by atoms with E-state index in [-0.39, 0.29) is 11.5 Å². The first-order valence-corrected chi connectivity index (χ1v) is 11.4. The molecule has 1 saturated heterocycles. The van der Waals surface area contributed by atoms with Gasteiger partial charge in [0, 0.05) is 30.2 Å². The van der Waals surface area contributed by atoms with Crippen molar-refractivity contribution in [2.24, 2.45) is 11.8 Å². The second-order valence-corrected chi connectivity index (χ2v) is 9.21. The minimum absolute atomic E-state index is 0.0410. The molecule has 0 spiro atoms. The fraction of sp³-hybridized carbons (Fsp3) is 0.346. The lowest BCUT2D eigenvalue weighted by Crippen LogP contribution is -2.42. The van der Waals surface area contributed by atoms with E-state index in [1.54, 1.807) is 10.9 Å². The normalized spacial score (nSPS) is 19.0. The molecule has 0 bridgehead atoms. The number of fused-ring (bicyclic) bond motifs is 3. The van der Waals surface area contributed by atoms with Crippen molar-refractivity contribution in [3.05, 3.63) is 70.1 Å². The summed E-state index contributed by atoms with van der Waals surface area (Å²) in [6.07, 6.45) is 3.71. The van der Waals surface area contributed by atoms with Crippen LogP contribution < -0.4 is 5.56 Å². The fourth-order valence-corrected chi connectivity index (χ4v) is 4.97. The minimum atomic E-state index is -0.144. The van der Waals surface area contributed by atoms with Crippen LogP contribution in [0, 0.1) is 11.8 Å². The number of benzene rings is 2. The maximum absolute atomic E-state index is 13.3. The summed E-state index contributed by atoms with van der Waals surface area (Å²) in [5.74, 6) is 1.04. The van der Waals surface area contributed by atoms with Crippen LogP contribution in [0.3, 0.4) is 0 Å². The van der Waals surface area contributed by atoms with Gasteiger partial charge in [0.2, 0.25) is 0 Å². The molecule has 0 radical (unpaired) electrons. The Morgan fingerprint density at radius 1 is 1.06 bits per heavy atom. The molecule has 0 aliphatic carbocycles. The van der Waals surface area contributed by atoms with E-state index >= 15 is 0 Å². The average molecular weight is 429 g/mol. The van der Waals surface area contributed by atoms with Crippen LogP contribution in [-0.2, 0) is 6.42 Å². The summed E-state index contributed by atoms with van der Waals surface area (Å²) in [7, 11) is 0. The van der Waals surface area contributed by atoms with E-state index in [1.165, 1.54) is 5.56 Å². The van der Waals surface area contributed by atoms with E-state index in [4.69, 9.17) is 0 Å². The molecule has 5 rings (SSSR count). The number of amides is 1. The van der Waals surface area contributed by atoms with Crippen LogP contribution in [0.2, 0.25) is 0 Å². The summed E-state index contributed by atoms with van der Waals surface area (Å²) in [5.41, 5.74) is 3.94. The van der Waals surface area contributed by atoms with Gasteiger partial charge < -0.3 is 4.90 Å². The largest absolute Gasteiger partial charge is 0.338 e. The lowest BCUT2D eigenvalue weighted by molar-refractivity contribution is 0.0623. The van der Waals surface area contributed by atoms with Gasteiger partial charge in [-0.25, -0.2) is 4.68 Å². The smallest absolute Gasteiger partial charge is 0.280 e. The molecule has 1 aliphatic rings. The third kappa shape index (κ3) is 3.49. The Bertz CT molecular complexity index is 1360. The van der Waals surface area contributed by atoms with Gasteiger partial charge in [0.05, 0.1) is 22.1 Å². The Morgan fingerprint density at radius 2 is 1.78 bits per heavy atom. The number of rotatable bonds is 3. The lowest BCUT2D eigenvalue weighted by atomic mass is 9.91. The maximum atomic E-state index is 13.3. The summed E-state index contributed by atoms with van der Waals surface area (Å²) >= 11 is 0. The molecule has 6 nitrogen and oxygen atoms in total. The molecule has 4 aromatic rings. The molecule has 1 aliphatic heterocycles. The number of aryl methyl sites for hydroxylation is 1. The van der Waals surface area contributed by atoms with Crippen molar-refractivity contribution < 1.29 is 4.79 Å². The third-order valence-electron chi connectivity index (χ3n) is 6.53. The number of H-pyrrole nitrogens is 1. The Morgan fingerprint density at radius 3 is 2.47 bits per heavy atom. The van der Waals surface area contributed by atoms with Crippen molar-refractivity contribution >= 4 is 27.7 Å². The van der Waals surface area contributed by atoms with Crippen molar-refractivity contribution in [3.8, 4) is 5.69 Å². The lowest BCUT2D eigenvalue weighted by Gasteiger charge is -2.35. The Balaban J connectivity index is 1.59. The van der Waals surface area contributed by atoms with Crippen LogP contribution in [0.25, 0.3) is 27.5 Å². The summed E-state index contributed by atoms with van der Waals surface area (Å²) in [6.45, 7) is 8.07. The molecule has 1 amide bonds. The van der Waals surface area contributed by atoms with E-state index in [1.807, 2.05) is 47.4 Å². The van der Waals surface area contributed by atoms with Gasteiger partial charge in [0.1, 0.15) is 0 Å². The number of likely N-dealkylation sites (tertiary alicyclic amines) is 1. The van der Waals surface area contributed by atoms with Crippen LogP contribution in [-0.4, -0.2) is 38.7 Å². The predicted molar refractivity (Wildman–Crippen MR) is 127 cm³/mol. The van der Waals surface area contributed by atoms with Gasteiger partial charge in [-0.05, 0) is 60.6 Å². The number of piperidine rings is 1. The predicted octanol–water partition coefficient (Wildman–Crippen LogP) is 4.55. The van der Waals surface area contributed by atoms with Crippen LogP contribution in [0.15, 0.2) is 53.5 Å². The number of aromatic amines is 1. The zero-order valence-corrected chi connectivity index (χ0v) is 18.8. The van der Waals surface area contributed by atoms with Crippen molar-refractivity contribution in [2.75, 3.05) is 13.1 Å². The highest BCUT2D eigenvalue weighted by atomic mass is 16.2. The Labute approximate surface area is 186 Å². The molecule has 3 heterocycles. The highest BCUT2D eigenvalue weighted by molar-refractivity contribution is 6.06. The SMILES string of the molecule is CCc1ccc(-n2[nH]c3c(cnc4ccc(C(=O)N5C[C@@H](C)C[C@H](C)C5)cc43)c2=O)cc1. The summed E-state index contributed by atoms with van der Waals surface area (Å²) in [6, 6.07) is 13.5. The molecule has 164 valence electrons. The van der Waals surface area contributed by atoms with E-state index < -0.39 is 0 Å². The van der Waals surface area contributed by atoms with E-state index in [0.717, 1.165) is 42.5 Å².